The van der Waals surface area contributed by atoms with E-state index in [-0.39, 0.29) is 22.8 Å². The molecule has 0 unspecified atom stereocenters. The lowest BCUT2D eigenvalue weighted by Gasteiger charge is -2.10. The fourth-order valence-corrected chi connectivity index (χ4v) is 2.17. The number of halogens is 1. The molecule has 7 heteroatoms. The lowest BCUT2D eigenvalue weighted by molar-refractivity contribution is 0.277. The van der Waals surface area contributed by atoms with Crippen molar-refractivity contribution in [2.75, 3.05) is 6.61 Å². The van der Waals surface area contributed by atoms with Gasteiger partial charge in [-0.05, 0) is 24.5 Å². The Labute approximate surface area is 130 Å². The molecule has 1 N–H and O–H groups in total. The zero-order chi connectivity index (χ0) is 16.6. The van der Waals surface area contributed by atoms with Crippen LogP contribution >= 0.6 is 0 Å². The summed E-state index contributed by atoms with van der Waals surface area (Å²) in [6.07, 6.45) is 0.794. The number of aromatic nitrogens is 2. The van der Waals surface area contributed by atoms with Crippen molar-refractivity contribution in [1.82, 2.24) is 9.97 Å². The number of H-pyrrole nitrogens is 1. The summed E-state index contributed by atoms with van der Waals surface area (Å²) in [6.45, 7) is 4.48. The van der Waals surface area contributed by atoms with Crippen LogP contribution in [0.4, 0.5) is 4.39 Å². The molecular weight excluding hydrogens is 303 g/mol. The third kappa shape index (κ3) is 3.08. The van der Waals surface area contributed by atoms with E-state index in [0.717, 1.165) is 6.42 Å². The first-order valence-corrected chi connectivity index (χ1v) is 7.24. The van der Waals surface area contributed by atoms with Gasteiger partial charge in [0.1, 0.15) is 11.1 Å². The highest BCUT2D eigenvalue weighted by Gasteiger charge is 2.16. The average molecular weight is 318 g/mol. The monoisotopic (exact) mass is 318 g/mol. The van der Waals surface area contributed by atoms with E-state index in [1.165, 1.54) is 18.2 Å². The summed E-state index contributed by atoms with van der Waals surface area (Å²) in [6, 6.07) is 4.06. The maximum atomic E-state index is 14.1. The number of benzene rings is 1. The van der Waals surface area contributed by atoms with Gasteiger partial charge in [-0.15, -0.1) is 0 Å². The predicted molar refractivity (Wildman–Crippen MR) is 82.4 cm³/mol. The zero-order valence-corrected chi connectivity index (χ0v) is 12.7. The van der Waals surface area contributed by atoms with E-state index in [9.17, 15) is 14.0 Å². The minimum atomic E-state index is -0.791. The van der Waals surface area contributed by atoms with E-state index in [1.807, 2.05) is 18.8 Å². The van der Waals surface area contributed by atoms with Gasteiger partial charge < -0.3 is 9.15 Å². The first kappa shape index (κ1) is 15.2. The molecule has 2 heterocycles. The minimum absolute atomic E-state index is 0.0634. The second kappa shape index (κ2) is 5.83. The van der Waals surface area contributed by atoms with Crippen LogP contribution in [-0.2, 0) is 0 Å². The molecule has 0 aliphatic carbocycles. The molecule has 23 heavy (non-hydrogen) atoms. The Morgan fingerprint density at radius 2 is 2.09 bits per heavy atom. The molecule has 0 saturated heterocycles. The van der Waals surface area contributed by atoms with Crippen molar-refractivity contribution in [3.8, 4) is 17.2 Å². The summed E-state index contributed by atoms with van der Waals surface area (Å²) < 4.78 is 25.0. The van der Waals surface area contributed by atoms with Crippen molar-refractivity contribution in [2.24, 2.45) is 5.92 Å². The molecule has 0 spiro atoms. The average Bonchev–Trinajstić information content (AvgIpc) is 2.46. The van der Waals surface area contributed by atoms with Crippen LogP contribution in [0.3, 0.4) is 0 Å². The third-order valence-corrected chi connectivity index (χ3v) is 3.42. The molecule has 120 valence electrons. The molecule has 0 amide bonds. The summed E-state index contributed by atoms with van der Waals surface area (Å²) in [5, 5.41) is 0.386. The van der Waals surface area contributed by atoms with Crippen molar-refractivity contribution < 1.29 is 13.5 Å². The Morgan fingerprint density at radius 3 is 2.83 bits per heavy atom. The number of hydrogen-bond donors (Lipinski definition) is 1. The van der Waals surface area contributed by atoms with Gasteiger partial charge in [-0.25, -0.2) is 9.18 Å². The predicted octanol–water partition coefficient (Wildman–Crippen LogP) is 2.55. The lowest BCUT2D eigenvalue weighted by atomic mass is 10.1. The van der Waals surface area contributed by atoms with Crippen LogP contribution in [0.25, 0.3) is 22.4 Å². The Bertz CT molecular complexity index is 945. The number of nitrogens with zero attached hydrogens (tertiary/aromatic N) is 1. The van der Waals surface area contributed by atoms with Crippen LogP contribution in [0.1, 0.15) is 20.3 Å². The molecule has 1 aromatic rings. The Balaban J connectivity index is 2.08. The minimum Gasteiger partial charge on any atom is -0.490 e. The number of aromatic amines is 1. The topological polar surface area (TPSA) is 85.2 Å². The van der Waals surface area contributed by atoms with Crippen LogP contribution < -0.4 is 16.0 Å². The van der Waals surface area contributed by atoms with E-state index in [4.69, 9.17) is 9.15 Å². The SMILES string of the molecule is CC(C)CCOc1cc2oc3nc(=O)[nH]c(=O)c-3cc2cc1F. The van der Waals surface area contributed by atoms with E-state index in [0.29, 0.717) is 17.9 Å². The molecule has 2 aliphatic rings. The standard InChI is InChI=1S/C16H15FN2O4/c1-8(2)3-4-22-13-7-12-9(6-11(13)17)5-10-14(20)18-16(21)19-15(10)23-12/h5-8H,3-4H2,1-2H3,(H,18,20,21). The number of hydrogen-bond acceptors (Lipinski definition) is 5. The third-order valence-electron chi connectivity index (χ3n) is 3.42. The number of ether oxygens (including phenoxy) is 1. The van der Waals surface area contributed by atoms with Crippen molar-refractivity contribution >= 4 is 11.0 Å². The quantitative estimate of drug-likeness (QED) is 0.747. The van der Waals surface area contributed by atoms with E-state index in [2.05, 4.69) is 4.98 Å². The van der Waals surface area contributed by atoms with Crippen LogP contribution in [0.5, 0.6) is 5.75 Å². The largest absolute Gasteiger partial charge is 0.490 e. The van der Waals surface area contributed by atoms with Crippen LogP contribution in [0.15, 0.2) is 32.2 Å². The van der Waals surface area contributed by atoms with E-state index in [1.54, 1.807) is 0 Å². The zero-order valence-electron chi connectivity index (χ0n) is 12.7. The Hall–Kier alpha value is -2.70. The Kier molecular flexibility index (Phi) is 3.85. The van der Waals surface area contributed by atoms with E-state index < -0.39 is 17.1 Å². The normalized spacial score (nSPS) is 11.5. The molecule has 3 rings (SSSR count). The maximum Gasteiger partial charge on any atom is 0.351 e. The summed E-state index contributed by atoms with van der Waals surface area (Å²) in [4.78, 5) is 28.6. The molecule has 0 radical (unpaired) electrons. The van der Waals surface area contributed by atoms with Crippen molar-refractivity contribution in [3.05, 3.63) is 44.9 Å². The van der Waals surface area contributed by atoms with Gasteiger partial charge in [-0.1, -0.05) is 13.8 Å². The van der Waals surface area contributed by atoms with Gasteiger partial charge in [0, 0.05) is 11.5 Å². The van der Waals surface area contributed by atoms with E-state index >= 15 is 0 Å². The van der Waals surface area contributed by atoms with Crippen molar-refractivity contribution in [2.45, 2.75) is 20.3 Å². The molecular formula is C16H15FN2O4. The summed E-state index contributed by atoms with van der Waals surface area (Å²) in [7, 11) is 0. The molecule has 0 aromatic heterocycles. The van der Waals surface area contributed by atoms with Gasteiger partial charge in [0.15, 0.2) is 11.6 Å². The summed E-state index contributed by atoms with van der Waals surface area (Å²) in [5.41, 5.74) is -1.04. The molecule has 6 nitrogen and oxygen atoms in total. The fraction of sp³-hybridized carbons (Fsp3) is 0.312. The van der Waals surface area contributed by atoms with Gasteiger partial charge in [-0.2, -0.15) is 4.98 Å². The Morgan fingerprint density at radius 1 is 1.30 bits per heavy atom. The van der Waals surface area contributed by atoms with Crippen LogP contribution in [0.2, 0.25) is 0 Å². The lowest BCUT2D eigenvalue weighted by Crippen LogP contribution is -2.24. The molecule has 0 saturated carbocycles. The molecule has 0 bridgehead atoms. The molecule has 1 aromatic carbocycles. The fourth-order valence-electron chi connectivity index (χ4n) is 2.17. The first-order valence-electron chi connectivity index (χ1n) is 7.24. The molecule has 0 atom stereocenters. The highest BCUT2D eigenvalue weighted by atomic mass is 19.1. The highest BCUT2D eigenvalue weighted by Crippen LogP contribution is 2.29. The molecule has 2 aliphatic heterocycles. The van der Waals surface area contributed by atoms with Crippen molar-refractivity contribution in [1.29, 1.82) is 0 Å². The van der Waals surface area contributed by atoms with Gasteiger partial charge in [0.05, 0.1) is 6.61 Å². The van der Waals surface area contributed by atoms with Crippen molar-refractivity contribution in [3.63, 3.8) is 0 Å². The van der Waals surface area contributed by atoms with Gasteiger partial charge >= 0.3 is 5.69 Å². The van der Waals surface area contributed by atoms with Gasteiger partial charge in [0.2, 0.25) is 5.89 Å². The van der Waals surface area contributed by atoms with Gasteiger partial charge in [0.25, 0.3) is 5.56 Å². The summed E-state index contributed by atoms with van der Waals surface area (Å²) in [5.74, 6) is -0.126. The second-order valence-electron chi connectivity index (χ2n) is 5.69. The number of rotatable bonds is 4. The summed E-state index contributed by atoms with van der Waals surface area (Å²) >= 11 is 0. The number of fused-ring (bicyclic) bond motifs is 2. The first-order chi connectivity index (χ1) is 10.9. The second-order valence-corrected chi connectivity index (χ2v) is 5.69. The smallest absolute Gasteiger partial charge is 0.351 e. The highest BCUT2D eigenvalue weighted by molar-refractivity contribution is 5.83. The van der Waals surface area contributed by atoms with Gasteiger partial charge in [-0.3, -0.25) is 9.78 Å². The maximum absolute atomic E-state index is 14.1. The molecule has 0 fully saturated rings. The number of nitrogens with one attached hydrogen (secondary N) is 1. The van der Waals surface area contributed by atoms with Crippen LogP contribution in [-0.4, -0.2) is 16.6 Å². The van der Waals surface area contributed by atoms with Crippen LogP contribution in [0, 0.1) is 11.7 Å².